The van der Waals surface area contributed by atoms with Crippen LogP contribution in [0.25, 0.3) is 11.4 Å². The van der Waals surface area contributed by atoms with E-state index in [-0.39, 0.29) is 0 Å². The van der Waals surface area contributed by atoms with Crippen LogP contribution in [0.1, 0.15) is 30.4 Å². The Balaban J connectivity index is 2.03. The Morgan fingerprint density at radius 2 is 2.28 bits per heavy atom. The summed E-state index contributed by atoms with van der Waals surface area (Å²) in [6, 6.07) is 4.29. The van der Waals surface area contributed by atoms with Gasteiger partial charge in [-0.1, -0.05) is 0 Å². The summed E-state index contributed by atoms with van der Waals surface area (Å²) in [5, 5.41) is 7.63. The maximum atomic E-state index is 4.68. The van der Waals surface area contributed by atoms with Gasteiger partial charge in [-0.15, -0.1) is 0 Å². The largest absolute Gasteiger partial charge is 0.307 e. The van der Waals surface area contributed by atoms with Gasteiger partial charge in [-0.05, 0) is 38.4 Å². The zero-order chi connectivity index (χ0) is 12.5. The topological polar surface area (TPSA) is 55.6 Å². The van der Waals surface area contributed by atoms with Crippen molar-refractivity contribution >= 4 is 0 Å². The molecule has 1 aliphatic heterocycles. The first-order chi connectivity index (χ1) is 8.74. The molecule has 2 aromatic heterocycles. The normalized spacial score (nSPS) is 19.3. The van der Waals surface area contributed by atoms with Crippen molar-refractivity contribution in [1.82, 2.24) is 25.1 Å². The monoisotopic (exact) mass is 243 g/mol. The van der Waals surface area contributed by atoms with Gasteiger partial charge in [-0.25, -0.2) is 9.97 Å². The lowest BCUT2D eigenvalue weighted by Crippen LogP contribution is -2.16. The number of aromatic nitrogens is 4. The molecule has 0 radical (unpaired) electrons. The van der Waals surface area contributed by atoms with E-state index in [1.54, 1.807) is 6.20 Å². The fraction of sp³-hybridized carbons (Fsp3) is 0.462. The van der Waals surface area contributed by atoms with Crippen LogP contribution in [0.3, 0.4) is 0 Å². The first-order valence-electron chi connectivity index (χ1n) is 6.31. The Labute approximate surface area is 106 Å². The number of nitrogens with zero attached hydrogens (tertiary/aromatic N) is 4. The predicted octanol–water partition coefficient (Wildman–Crippen LogP) is 1.61. The molecule has 2 aromatic rings. The second-order valence-electron chi connectivity index (χ2n) is 4.74. The molecule has 0 aliphatic carbocycles. The Kier molecular flexibility index (Phi) is 2.83. The van der Waals surface area contributed by atoms with Crippen LogP contribution in [-0.2, 0) is 7.05 Å². The SMILES string of the molecule is Cc1cc(-c2ccnn2C)nc([C@H]2CCCN2)n1. The van der Waals surface area contributed by atoms with Crippen LogP contribution >= 0.6 is 0 Å². The van der Waals surface area contributed by atoms with Crippen molar-refractivity contribution in [2.45, 2.75) is 25.8 Å². The number of hydrogen-bond acceptors (Lipinski definition) is 4. The summed E-state index contributed by atoms with van der Waals surface area (Å²) in [6.07, 6.45) is 4.11. The second-order valence-corrected chi connectivity index (χ2v) is 4.74. The van der Waals surface area contributed by atoms with Gasteiger partial charge in [-0.3, -0.25) is 4.68 Å². The lowest BCUT2D eigenvalue weighted by molar-refractivity contribution is 0.602. The molecule has 0 amide bonds. The highest BCUT2D eigenvalue weighted by atomic mass is 15.3. The first kappa shape index (κ1) is 11.3. The van der Waals surface area contributed by atoms with E-state index in [4.69, 9.17) is 0 Å². The molecule has 0 unspecified atom stereocenters. The summed E-state index contributed by atoms with van der Waals surface area (Å²) >= 11 is 0. The van der Waals surface area contributed by atoms with E-state index < -0.39 is 0 Å². The maximum absolute atomic E-state index is 4.68. The Morgan fingerprint density at radius 3 is 2.94 bits per heavy atom. The molecule has 5 heteroatoms. The summed E-state index contributed by atoms with van der Waals surface area (Å²) < 4.78 is 1.84. The first-order valence-corrected chi connectivity index (χ1v) is 6.31. The van der Waals surface area contributed by atoms with Gasteiger partial charge >= 0.3 is 0 Å². The molecule has 1 saturated heterocycles. The molecule has 3 heterocycles. The van der Waals surface area contributed by atoms with Gasteiger partial charge in [0.1, 0.15) is 5.82 Å². The smallest absolute Gasteiger partial charge is 0.146 e. The summed E-state index contributed by atoms with van der Waals surface area (Å²) in [6.45, 7) is 3.07. The van der Waals surface area contributed by atoms with Gasteiger partial charge < -0.3 is 5.32 Å². The molecule has 18 heavy (non-hydrogen) atoms. The van der Waals surface area contributed by atoms with Gasteiger partial charge in [0.15, 0.2) is 0 Å². The number of rotatable bonds is 2. The lowest BCUT2D eigenvalue weighted by Gasteiger charge is -2.11. The van der Waals surface area contributed by atoms with Crippen molar-refractivity contribution in [3.63, 3.8) is 0 Å². The zero-order valence-corrected chi connectivity index (χ0v) is 10.7. The molecule has 1 N–H and O–H groups in total. The molecular weight excluding hydrogens is 226 g/mol. The molecule has 0 aromatic carbocycles. The van der Waals surface area contributed by atoms with Crippen molar-refractivity contribution in [2.24, 2.45) is 7.05 Å². The summed E-state index contributed by atoms with van der Waals surface area (Å²) in [4.78, 5) is 9.24. The van der Waals surface area contributed by atoms with E-state index in [0.29, 0.717) is 6.04 Å². The van der Waals surface area contributed by atoms with E-state index in [1.165, 1.54) is 6.42 Å². The molecule has 0 spiro atoms. The van der Waals surface area contributed by atoms with Gasteiger partial charge in [0, 0.05) is 18.9 Å². The van der Waals surface area contributed by atoms with Crippen LogP contribution in [0.2, 0.25) is 0 Å². The highest BCUT2D eigenvalue weighted by molar-refractivity contribution is 5.54. The van der Waals surface area contributed by atoms with Crippen LogP contribution in [0, 0.1) is 6.92 Å². The standard InChI is InChI=1S/C13H17N5/c1-9-8-11(12-5-7-15-18(12)2)17-13(16-9)10-4-3-6-14-10/h5,7-8,10,14H,3-4,6H2,1-2H3/t10-/m1/s1. The third kappa shape index (κ3) is 2.01. The van der Waals surface area contributed by atoms with Gasteiger partial charge in [-0.2, -0.15) is 5.10 Å². The molecule has 3 rings (SSSR count). The van der Waals surface area contributed by atoms with E-state index in [2.05, 4.69) is 20.4 Å². The fourth-order valence-corrected chi connectivity index (χ4v) is 2.41. The lowest BCUT2D eigenvalue weighted by atomic mass is 10.2. The van der Waals surface area contributed by atoms with Crippen LogP contribution in [0.15, 0.2) is 18.3 Å². The van der Waals surface area contributed by atoms with Gasteiger partial charge in [0.05, 0.1) is 17.4 Å². The molecule has 0 bridgehead atoms. The van der Waals surface area contributed by atoms with Crippen molar-refractivity contribution < 1.29 is 0 Å². The molecule has 94 valence electrons. The molecular formula is C13H17N5. The average Bonchev–Trinajstić information content (AvgIpc) is 2.98. The Hall–Kier alpha value is -1.75. The van der Waals surface area contributed by atoms with E-state index in [9.17, 15) is 0 Å². The van der Waals surface area contributed by atoms with Crippen molar-refractivity contribution in [3.8, 4) is 11.4 Å². The van der Waals surface area contributed by atoms with Crippen LogP contribution in [0.4, 0.5) is 0 Å². The minimum Gasteiger partial charge on any atom is -0.307 e. The Bertz CT molecular complexity index is 554. The predicted molar refractivity (Wildman–Crippen MR) is 68.9 cm³/mol. The van der Waals surface area contributed by atoms with Gasteiger partial charge in [0.2, 0.25) is 0 Å². The average molecular weight is 243 g/mol. The molecule has 1 fully saturated rings. The van der Waals surface area contributed by atoms with Crippen molar-refractivity contribution in [3.05, 3.63) is 29.8 Å². The summed E-state index contributed by atoms with van der Waals surface area (Å²) in [7, 11) is 1.93. The zero-order valence-electron chi connectivity index (χ0n) is 10.7. The fourth-order valence-electron chi connectivity index (χ4n) is 2.41. The molecule has 5 nitrogen and oxygen atoms in total. The third-order valence-electron chi connectivity index (χ3n) is 3.33. The van der Waals surface area contributed by atoms with Crippen LogP contribution in [-0.4, -0.2) is 26.3 Å². The third-order valence-corrected chi connectivity index (χ3v) is 3.33. The highest BCUT2D eigenvalue weighted by Crippen LogP contribution is 2.23. The van der Waals surface area contributed by atoms with Gasteiger partial charge in [0.25, 0.3) is 0 Å². The molecule has 1 atom stereocenters. The second kappa shape index (κ2) is 4.49. The van der Waals surface area contributed by atoms with Crippen LogP contribution < -0.4 is 5.32 Å². The van der Waals surface area contributed by atoms with Crippen LogP contribution in [0.5, 0.6) is 0 Å². The number of nitrogens with one attached hydrogen (secondary N) is 1. The quantitative estimate of drug-likeness (QED) is 0.870. The minimum absolute atomic E-state index is 0.303. The van der Waals surface area contributed by atoms with Crippen molar-refractivity contribution in [1.29, 1.82) is 0 Å². The highest BCUT2D eigenvalue weighted by Gasteiger charge is 2.20. The number of hydrogen-bond donors (Lipinski definition) is 1. The van der Waals surface area contributed by atoms with E-state index in [1.807, 2.05) is 30.8 Å². The molecule has 1 aliphatic rings. The van der Waals surface area contributed by atoms with Crippen molar-refractivity contribution in [2.75, 3.05) is 6.54 Å². The number of aryl methyl sites for hydroxylation is 2. The van der Waals surface area contributed by atoms with E-state index in [0.717, 1.165) is 35.9 Å². The minimum atomic E-state index is 0.303. The molecule has 0 saturated carbocycles. The summed E-state index contributed by atoms with van der Waals surface area (Å²) in [5.41, 5.74) is 2.98. The Morgan fingerprint density at radius 1 is 1.39 bits per heavy atom. The van der Waals surface area contributed by atoms with E-state index >= 15 is 0 Å². The maximum Gasteiger partial charge on any atom is 0.146 e. The summed E-state index contributed by atoms with van der Waals surface area (Å²) in [5.74, 6) is 0.906.